The molecule has 0 saturated carbocycles. The summed E-state index contributed by atoms with van der Waals surface area (Å²) in [6.45, 7) is -0.0568. The highest BCUT2D eigenvalue weighted by atomic mass is 79.9. The second kappa shape index (κ2) is 5.44. The van der Waals surface area contributed by atoms with Crippen LogP contribution in [-0.4, -0.2) is 0 Å². The minimum atomic E-state index is -0.770. The van der Waals surface area contributed by atoms with E-state index in [2.05, 4.69) is 15.9 Å². The van der Waals surface area contributed by atoms with Gasteiger partial charge in [0.2, 0.25) is 0 Å². The van der Waals surface area contributed by atoms with E-state index in [9.17, 15) is 13.2 Å². The summed E-state index contributed by atoms with van der Waals surface area (Å²) in [4.78, 5) is 0. The molecule has 0 saturated heterocycles. The standard InChI is InChI=1S/C13H8BrF3O/c14-10-6-9(15)5-4-8(10)7-18-13-11(16)2-1-3-12(13)17/h1-6H,7H2. The Balaban J connectivity index is 2.16. The van der Waals surface area contributed by atoms with Crippen LogP contribution in [0.5, 0.6) is 5.75 Å². The fraction of sp³-hybridized carbons (Fsp3) is 0.0769. The van der Waals surface area contributed by atoms with E-state index in [1.165, 1.54) is 24.3 Å². The fourth-order valence-electron chi connectivity index (χ4n) is 1.41. The molecule has 0 fully saturated rings. The highest BCUT2D eigenvalue weighted by Crippen LogP contribution is 2.24. The van der Waals surface area contributed by atoms with Crippen molar-refractivity contribution in [1.29, 1.82) is 0 Å². The van der Waals surface area contributed by atoms with Gasteiger partial charge in [0.15, 0.2) is 17.4 Å². The van der Waals surface area contributed by atoms with Gasteiger partial charge in [0, 0.05) is 10.0 Å². The smallest absolute Gasteiger partial charge is 0.191 e. The van der Waals surface area contributed by atoms with Crippen LogP contribution in [-0.2, 0) is 6.61 Å². The van der Waals surface area contributed by atoms with Crippen LogP contribution in [0.3, 0.4) is 0 Å². The van der Waals surface area contributed by atoms with Crippen LogP contribution >= 0.6 is 15.9 Å². The second-order valence-electron chi connectivity index (χ2n) is 3.58. The average Bonchev–Trinajstić information content (AvgIpc) is 2.31. The van der Waals surface area contributed by atoms with Gasteiger partial charge in [-0.2, -0.15) is 0 Å². The third kappa shape index (κ3) is 2.85. The van der Waals surface area contributed by atoms with Gasteiger partial charge in [0.25, 0.3) is 0 Å². The maximum Gasteiger partial charge on any atom is 0.191 e. The number of hydrogen-bond donors (Lipinski definition) is 0. The Labute approximate surface area is 110 Å². The molecule has 0 spiro atoms. The number of halogens is 4. The van der Waals surface area contributed by atoms with Gasteiger partial charge < -0.3 is 4.74 Å². The number of hydrogen-bond acceptors (Lipinski definition) is 1. The van der Waals surface area contributed by atoms with Crippen molar-refractivity contribution >= 4 is 15.9 Å². The van der Waals surface area contributed by atoms with Crippen molar-refractivity contribution in [2.75, 3.05) is 0 Å². The molecule has 0 aliphatic rings. The number of rotatable bonds is 3. The van der Waals surface area contributed by atoms with Crippen molar-refractivity contribution < 1.29 is 17.9 Å². The molecule has 0 radical (unpaired) electrons. The van der Waals surface area contributed by atoms with E-state index >= 15 is 0 Å². The summed E-state index contributed by atoms with van der Waals surface area (Å²) in [7, 11) is 0. The molecular formula is C13H8BrF3O. The molecule has 0 N–H and O–H groups in total. The summed E-state index contributed by atoms with van der Waals surface area (Å²) in [6.07, 6.45) is 0. The van der Waals surface area contributed by atoms with Crippen LogP contribution in [0, 0.1) is 17.5 Å². The molecule has 2 aromatic rings. The van der Waals surface area contributed by atoms with Gasteiger partial charge in [-0.05, 0) is 24.3 Å². The third-order valence-corrected chi connectivity index (χ3v) is 3.04. The molecule has 2 rings (SSSR count). The first kappa shape index (κ1) is 13.0. The molecule has 18 heavy (non-hydrogen) atoms. The first-order valence-corrected chi connectivity index (χ1v) is 5.88. The molecule has 0 aliphatic carbocycles. The van der Waals surface area contributed by atoms with E-state index in [0.717, 1.165) is 12.1 Å². The Morgan fingerprint density at radius 1 is 1.00 bits per heavy atom. The first-order chi connectivity index (χ1) is 8.58. The molecule has 0 aliphatic heterocycles. The van der Waals surface area contributed by atoms with Gasteiger partial charge in [-0.25, -0.2) is 13.2 Å². The van der Waals surface area contributed by atoms with Crippen LogP contribution in [0.4, 0.5) is 13.2 Å². The SMILES string of the molecule is Fc1ccc(COc2c(F)cccc2F)c(Br)c1. The summed E-state index contributed by atoms with van der Waals surface area (Å²) in [5.74, 6) is -2.38. The molecule has 0 amide bonds. The van der Waals surface area contributed by atoms with E-state index in [1.807, 2.05) is 0 Å². The van der Waals surface area contributed by atoms with E-state index < -0.39 is 23.2 Å². The van der Waals surface area contributed by atoms with Gasteiger partial charge in [0.1, 0.15) is 12.4 Å². The predicted octanol–water partition coefficient (Wildman–Crippen LogP) is 4.45. The maximum atomic E-state index is 13.3. The molecule has 2 aromatic carbocycles. The molecule has 1 nitrogen and oxygen atoms in total. The third-order valence-electron chi connectivity index (χ3n) is 2.31. The van der Waals surface area contributed by atoms with Crippen molar-refractivity contribution in [2.45, 2.75) is 6.61 Å². The normalized spacial score (nSPS) is 10.4. The molecule has 0 bridgehead atoms. The lowest BCUT2D eigenvalue weighted by atomic mass is 10.2. The fourth-order valence-corrected chi connectivity index (χ4v) is 1.87. The van der Waals surface area contributed by atoms with E-state index in [0.29, 0.717) is 10.0 Å². The van der Waals surface area contributed by atoms with Crippen molar-refractivity contribution in [3.8, 4) is 5.75 Å². The number of benzene rings is 2. The summed E-state index contributed by atoms with van der Waals surface area (Å²) >= 11 is 3.15. The average molecular weight is 317 g/mol. The van der Waals surface area contributed by atoms with Crippen LogP contribution in [0.2, 0.25) is 0 Å². The topological polar surface area (TPSA) is 9.23 Å². The van der Waals surface area contributed by atoms with Crippen molar-refractivity contribution in [3.63, 3.8) is 0 Å². The molecular weight excluding hydrogens is 309 g/mol. The highest BCUT2D eigenvalue weighted by Gasteiger charge is 2.10. The summed E-state index contributed by atoms with van der Waals surface area (Å²) in [5, 5.41) is 0. The maximum absolute atomic E-state index is 13.3. The van der Waals surface area contributed by atoms with Crippen molar-refractivity contribution in [1.82, 2.24) is 0 Å². The second-order valence-corrected chi connectivity index (χ2v) is 4.43. The lowest BCUT2D eigenvalue weighted by Crippen LogP contribution is -2.00. The van der Waals surface area contributed by atoms with Crippen LogP contribution in [0.25, 0.3) is 0 Å². The summed E-state index contributed by atoms with van der Waals surface area (Å²) in [6, 6.07) is 7.47. The molecule has 94 valence electrons. The zero-order valence-electron chi connectivity index (χ0n) is 9.09. The van der Waals surface area contributed by atoms with Gasteiger partial charge in [-0.1, -0.05) is 28.1 Å². The predicted molar refractivity (Wildman–Crippen MR) is 64.8 cm³/mol. The zero-order chi connectivity index (χ0) is 13.1. The molecule has 5 heteroatoms. The van der Waals surface area contributed by atoms with Crippen LogP contribution in [0.15, 0.2) is 40.9 Å². The monoisotopic (exact) mass is 316 g/mol. The molecule has 0 unspecified atom stereocenters. The first-order valence-electron chi connectivity index (χ1n) is 5.08. The Kier molecular flexibility index (Phi) is 3.91. The van der Waals surface area contributed by atoms with Crippen LogP contribution in [0.1, 0.15) is 5.56 Å². The largest absolute Gasteiger partial charge is 0.483 e. The number of ether oxygens (including phenoxy) is 1. The Morgan fingerprint density at radius 3 is 2.28 bits per heavy atom. The number of para-hydroxylation sites is 1. The van der Waals surface area contributed by atoms with Gasteiger partial charge in [0.05, 0.1) is 0 Å². The minimum Gasteiger partial charge on any atom is -0.483 e. The quantitative estimate of drug-likeness (QED) is 0.813. The summed E-state index contributed by atoms with van der Waals surface area (Å²) in [5.41, 5.74) is 0.596. The summed E-state index contributed by atoms with van der Waals surface area (Å²) < 4.78 is 45.0. The van der Waals surface area contributed by atoms with Crippen LogP contribution < -0.4 is 4.74 Å². The lowest BCUT2D eigenvalue weighted by Gasteiger charge is -2.09. The van der Waals surface area contributed by atoms with Gasteiger partial charge in [-0.3, -0.25) is 0 Å². The minimum absolute atomic E-state index is 0.0568. The Bertz CT molecular complexity index is 552. The van der Waals surface area contributed by atoms with E-state index in [4.69, 9.17) is 4.74 Å². The molecule has 0 atom stereocenters. The van der Waals surface area contributed by atoms with Gasteiger partial charge >= 0.3 is 0 Å². The zero-order valence-corrected chi connectivity index (χ0v) is 10.7. The van der Waals surface area contributed by atoms with Gasteiger partial charge in [-0.15, -0.1) is 0 Å². The Morgan fingerprint density at radius 2 is 1.67 bits per heavy atom. The van der Waals surface area contributed by atoms with E-state index in [-0.39, 0.29) is 6.61 Å². The van der Waals surface area contributed by atoms with E-state index in [1.54, 1.807) is 0 Å². The van der Waals surface area contributed by atoms with Crippen molar-refractivity contribution in [3.05, 3.63) is 63.9 Å². The molecule has 0 aromatic heterocycles. The Hall–Kier alpha value is -1.49. The highest BCUT2D eigenvalue weighted by molar-refractivity contribution is 9.10. The lowest BCUT2D eigenvalue weighted by molar-refractivity contribution is 0.273. The van der Waals surface area contributed by atoms with Crippen molar-refractivity contribution in [2.24, 2.45) is 0 Å². The molecule has 0 heterocycles.